The average Bonchev–Trinajstić information content (AvgIpc) is 2.62. The molecule has 2 aromatic carbocycles. The Morgan fingerprint density at radius 2 is 1.62 bits per heavy atom. The summed E-state index contributed by atoms with van der Waals surface area (Å²) < 4.78 is 5.78. The Labute approximate surface area is 160 Å². The van der Waals surface area contributed by atoms with Gasteiger partial charge < -0.3 is 15.4 Å². The van der Waals surface area contributed by atoms with Crippen molar-refractivity contribution in [3.8, 4) is 0 Å². The third-order valence-electron chi connectivity index (χ3n) is 3.47. The van der Waals surface area contributed by atoms with E-state index in [2.05, 4.69) is 26.6 Å². The number of hydrogen-bond donors (Lipinski definition) is 2. The molecule has 0 aliphatic heterocycles. The summed E-state index contributed by atoms with van der Waals surface area (Å²) in [5.74, 6) is -1.32. The van der Waals surface area contributed by atoms with Gasteiger partial charge in [0.05, 0.1) is 6.42 Å². The van der Waals surface area contributed by atoms with Crippen LogP contribution in [0, 0.1) is 6.92 Å². The van der Waals surface area contributed by atoms with E-state index >= 15 is 0 Å². The van der Waals surface area contributed by atoms with E-state index in [1.165, 1.54) is 0 Å². The second-order valence-electron chi connectivity index (χ2n) is 5.58. The average molecular weight is 419 g/mol. The van der Waals surface area contributed by atoms with E-state index in [0.717, 1.165) is 10.0 Å². The Morgan fingerprint density at radius 1 is 0.923 bits per heavy atom. The van der Waals surface area contributed by atoms with Crippen LogP contribution in [0.25, 0.3) is 0 Å². The molecule has 0 bridgehead atoms. The summed E-state index contributed by atoms with van der Waals surface area (Å²) in [6, 6.07) is 14.4. The maximum Gasteiger partial charge on any atom is 0.306 e. The zero-order valence-corrected chi connectivity index (χ0v) is 15.8. The van der Waals surface area contributed by atoms with Gasteiger partial charge in [-0.15, -0.1) is 0 Å². The summed E-state index contributed by atoms with van der Waals surface area (Å²) in [5.41, 5.74) is 2.25. The highest BCUT2D eigenvalue weighted by Crippen LogP contribution is 2.14. The lowest BCUT2D eigenvalue weighted by molar-refractivity contribution is -0.147. The smallest absolute Gasteiger partial charge is 0.306 e. The van der Waals surface area contributed by atoms with Crippen LogP contribution in [0.3, 0.4) is 0 Å². The van der Waals surface area contributed by atoms with Crippen molar-refractivity contribution in [3.63, 3.8) is 0 Å². The van der Waals surface area contributed by atoms with Crippen molar-refractivity contribution < 1.29 is 19.1 Å². The zero-order chi connectivity index (χ0) is 18.9. The Kier molecular flexibility index (Phi) is 7.35. The lowest BCUT2D eigenvalue weighted by atomic mass is 10.2. The van der Waals surface area contributed by atoms with Gasteiger partial charge in [0.25, 0.3) is 5.91 Å². The standard InChI is InChI=1S/C19H19BrN2O4/c1-13-4-2-3-5-16(13)22-17(23)10-11-19(25)26-12-18(24)21-15-8-6-14(20)7-9-15/h2-9H,10-12H2,1H3,(H,21,24)(H,22,23). The van der Waals surface area contributed by atoms with E-state index in [1.54, 1.807) is 30.3 Å². The zero-order valence-electron chi connectivity index (χ0n) is 14.3. The maximum absolute atomic E-state index is 11.9. The summed E-state index contributed by atoms with van der Waals surface area (Å²) in [5, 5.41) is 5.35. The minimum atomic E-state index is -0.601. The third kappa shape index (κ3) is 6.68. The highest BCUT2D eigenvalue weighted by molar-refractivity contribution is 9.10. The molecule has 2 rings (SSSR count). The first-order valence-electron chi connectivity index (χ1n) is 8.00. The van der Waals surface area contributed by atoms with Crippen LogP contribution in [0.1, 0.15) is 18.4 Å². The number of rotatable bonds is 7. The van der Waals surface area contributed by atoms with Gasteiger partial charge in [0.15, 0.2) is 6.61 Å². The van der Waals surface area contributed by atoms with Crippen molar-refractivity contribution in [3.05, 3.63) is 58.6 Å². The number of carbonyl (C=O) groups is 3. The molecule has 0 aliphatic carbocycles. The molecule has 0 aliphatic rings. The molecule has 2 amide bonds. The minimum Gasteiger partial charge on any atom is -0.456 e. The fourth-order valence-electron chi connectivity index (χ4n) is 2.09. The van der Waals surface area contributed by atoms with E-state index in [4.69, 9.17) is 4.74 Å². The molecule has 0 saturated heterocycles. The number of esters is 1. The van der Waals surface area contributed by atoms with E-state index in [0.29, 0.717) is 11.4 Å². The normalized spacial score (nSPS) is 10.1. The Balaban J connectivity index is 1.68. The Bertz CT molecular complexity index is 790. The molecule has 0 radical (unpaired) electrons. The van der Waals surface area contributed by atoms with Gasteiger partial charge in [-0.25, -0.2) is 0 Å². The highest BCUT2D eigenvalue weighted by atomic mass is 79.9. The van der Waals surface area contributed by atoms with Crippen molar-refractivity contribution in [1.82, 2.24) is 0 Å². The Morgan fingerprint density at radius 3 is 2.31 bits per heavy atom. The van der Waals surface area contributed by atoms with Crippen molar-refractivity contribution in [2.75, 3.05) is 17.2 Å². The highest BCUT2D eigenvalue weighted by Gasteiger charge is 2.11. The van der Waals surface area contributed by atoms with Crippen molar-refractivity contribution in [2.45, 2.75) is 19.8 Å². The van der Waals surface area contributed by atoms with Crippen molar-refractivity contribution in [1.29, 1.82) is 0 Å². The summed E-state index contributed by atoms with van der Waals surface area (Å²) >= 11 is 3.30. The Hall–Kier alpha value is -2.67. The summed E-state index contributed by atoms with van der Waals surface area (Å²) in [4.78, 5) is 35.3. The van der Waals surface area contributed by atoms with Gasteiger partial charge in [-0.05, 0) is 42.8 Å². The molecule has 0 heterocycles. The van der Waals surface area contributed by atoms with Gasteiger partial charge in [0.2, 0.25) is 5.91 Å². The first kappa shape index (κ1) is 19.7. The van der Waals surface area contributed by atoms with Gasteiger partial charge in [-0.1, -0.05) is 34.1 Å². The largest absolute Gasteiger partial charge is 0.456 e. The van der Waals surface area contributed by atoms with Gasteiger partial charge in [0.1, 0.15) is 0 Å². The van der Waals surface area contributed by atoms with E-state index in [1.807, 2.05) is 25.1 Å². The van der Waals surface area contributed by atoms with Gasteiger partial charge in [-0.2, -0.15) is 0 Å². The van der Waals surface area contributed by atoms with E-state index < -0.39 is 18.5 Å². The van der Waals surface area contributed by atoms with Gasteiger partial charge in [0, 0.05) is 22.3 Å². The van der Waals surface area contributed by atoms with Crippen LogP contribution >= 0.6 is 15.9 Å². The first-order chi connectivity index (χ1) is 12.4. The van der Waals surface area contributed by atoms with Crippen LogP contribution in [0.2, 0.25) is 0 Å². The van der Waals surface area contributed by atoms with Crippen LogP contribution in [0.5, 0.6) is 0 Å². The third-order valence-corrected chi connectivity index (χ3v) is 4.00. The fourth-order valence-corrected chi connectivity index (χ4v) is 2.35. The number of amides is 2. The molecule has 0 fully saturated rings. The number of aryl methyl sites for hydroxylation is 1. The number of hydrogen-bond acceptors (Lipinski definition) is 4. The van der Waals surface area contributed by atoms with Crippen LogP contribution in [0.15, 0.2) is 53.0 Å². The lowest BCUT2D eigenvalue weighted by Gasteiger charge is -2.08. The quantitative estimate of drug-likeness (QED) is 0.671. The second-order valence-corrected chi connectivity index (χ2v) is 6.49. The van der Waals surface area contributed by atoms with Crippen LogP contribution < -0.4 is 10.6 Å². The van der Waals surface area contributed by atoms with Crippen LogP contribution in [0.4, 0.5) is 11.4 Å². The number of benzene rings is 2. The predicted molar refractivity (Wildman–Crippen MR) is 103 cm³/mol. The number of anilines is 2. The van der Waals surface area contributed by atoms with E-state index in [9.17, 15) is 14.4 Å². The molecule has 7 heteroatoms. The molecule has 2 N–H and O–H groups in total. The van der Waals surface area contributed by atoms with Gasteiger partial charge in [-0.3, -0.25) is 14.4 Å². The molecule has 0 aromatic heterocycles. The fraction of sp³-hybridized carbons (Fsp3) is 0.211. The monoisotopic (exact) mass is 418 g/mol. The molecule has 6 nitrogen and oxygen atoms in total. The summed E-state index contributed by atoms with van der Waals surface area (Å²) in [6.45, 7) is 1.49. The lowest BCUT2D eigenvalue weighted by Crippen LogP contribution is -2.21. The molecule has 0 atom stereocenters. The summed E-state index contributed by atoms with van der Waals surface area (Å²) in [7, 11) is 0. The number of para-hydroxylation sites is 1. The molecule has 0 saturated carbocycles. The number of nitrogens with one attached hydrogen (secondary N) is 2. The van der Waals surface area contributed by atoms with Crippen LogP contribution in [-0.4, -0.2) is 24.4 Å². The maximum atomic E-state index is 11.9. The number of ether oxygens (including phenoxy) is 1. The molecule has 26 heavy (non-hydrogen) atoms. The second kappa shape index (κ2) is 9.72. The molecule has 136 valence electrons. The van der Waals surface area contributed by atoms with Gasteiger partial charge >= 0.3 is 5.97 Å². The van der Waals surface area contributed by atoms with E-state index in [-0.39, 0.29) is 18.7 Å². The van der Waals surface area contributed by atoms with Crippen molar-refractivity contribution in [2.24, 2.45) is 0 Å². The molecule has 0 unspecified atom stereocenters. The molecule has 2 aromatic rings. The van der Waals surface area contributed by atoms with Crippen molar-refractivity contribution >= 4 is 45.1 Å². The topological polar surface area (TPSA) is 84.5 Å². The molecule has 0 spiro atoms. The minimum absolute atomic E-state index is 0.0124. The predicted octanol–water partition coefficient (Wildman–Crippen LogP) is 3.66. The SMILES string of the molecule is Cc1ccccc1NC(=O)CCC(=O)OCC(=O)Nc1ccc(Br)cc1. The summed E-state index contributed by atoms with van der Waals surface area (Å²) in [6.07, 6.45) is -0.106. The molecular formula is C19H19BrN2O4. The first-order valence-corrected chi connectivity index (χ1v) is 8.80. The van der Waals surface area contributed by atoms with Crippen LogP contribution in [-0.2, 0) is 19.1 Å². The number of halogens is 1. The molecular weight excluding hydrogens is 400 g/mol. The number of carbonyl (C=O) groups excluding carboxylic acids is 3.